The van der Waals surface area contributed by atoms with E-state index in [1.54, 1.807) is 7.11 Å². The van der Waals surface area contributed by atoms with Crippen LogP contribution in [0.5, 0.6) is 0 Å². The number of aromatic nitrogens is 2. The Morgan fingerprint density at radius 3 is 2.46 bits per heavy atom. The molecule has 1 saturated heterocycles. The van der Waals surface area contributed by atoms with Gasteiger partial charge >= 0.3 is 5.69 Å². The maximum atomic E-state index is 12.3. The molecule has 0 bridgehead atoms. The molecule has 1 fully saturated rings. The normalized spacial score (nSPS) is 26.0. The lowest BCUT2D eigenvalue weighted by Crippen LogP contribution is -2.50. The van der Waals surface area contributed by atoms with Crippen LogP contribution in [-0.2, 0) is 18.6 Å². The van der Waals surface area contributed by atoms with E-state index in [0.717, 1.165) is 0 Å². The number of ether oxygens (including phenoxy) is 3. The fraction of sp³-hybridized carbons (Fsp3) is 0.778. The Hall–Kier alpha value is -1.30. The van der Waals surface area contributed by atoms with Gasteiger partial charge in [-0.25, -0.2) is 4.79 Å². The summed E-state index contributed by atoms with van der Waals surface area (Å²) in [5, 5.41) is 9.83. The molecular formula is C18H32N2O7Si. The quantitative estimate of drug-likeness (QED) is 0.477. The van der Waals surface area contributed by atoms with Crippen LogP contribution in [0.2, 0.25) is 18.1 Å². The van der Waals surface area contributed by atoms with E-state index in [1.165, 1.54) is 16.8 Å². The fourth-order valence-electron chi connectivity index (χ4n) is 2.81. The number of methoxy groups -OCH3 is 1. The van der Waals surface area contributed by atoms with Gasteiger partial charge in [-0.3, -0.25) is 14.3 Å². The van der Waals surface area contributed by atoms with Gasteiger partial charge in [-0.15, -0.1) is 0 Å². The average molecular weight is 417 g/mol. The third-order valence-corrected chi connectivity index (χ3v) is 9.90. The Kier molecular flexibility index (Phi) is 7.40. The van der Waals surface area contributed by atoms with Gasteiger partial charge in [0.25, 0.3) is 5.56 Å². The number of nitrogens with one attached hydrogen (secondary N) is 1. The van der Waals surface area contributed by atoms with Crippen LogP contribution in [0.3, 0.4) is 0 Å². The number of nitrogens with zero attached hydrogens (tertiary/aromatic N) is 1. The van der Waals surface area contributed by atoms with Crippen LogP contribution in [0.4, 0.5) is 0 Å². The van der Waals surface area contributed by atoms with Crippen LogP contribution in [0.25, 0.3) is 0 Å². The molecule has 1 aromatic heterocycles. The van der Waals surface area contributed by atoms with Gasteiger partial charge in [-0.1, -0.05) is 20.8 Å². The highest BCUT2D eigenvalue weighted by atomic mass is 28.4. The molecule has 10 heteroatoms. The first kappa shape index (κ1) is 23.0. The highest BCUT2D eigenvalue weighted by Gasteiger charge is 2.51. The highest BCUT2D eigenvalue weighted by molar-refractivity contribution is 6.74. The van der Waals surface area contributed by atoms with Crippen molar-refractivity contribution in [1.82, 2.24) is 9.55 Å². The Balaban J connectivity index is 2.40. The molecule has 28 heavy (non-hydrogen) atoms. The van der Waals surface area contributed by atoms with Gasteiger partial charge in [0, 0.05) is 19.4 Å². The minimum Gasteiger partial charge on any atom is -0.408 e. The van der Waals surface area contributed by atoms with Gasteiger partial charge < -0.3 is 23.7 Å². The number of aromatic amines is 1. The molecule has 0 aromatic carbocycles. The van der Waals surface area contributed by atoms with Gasteiger partial charge in [-0.05, 0) is 18.1 Å². The molecule has 1 aliphatic heterocycles. The summed E-state index contributed by atoms with van der Waals surface area (Å²) in [5.41, 5.74) is -1.11. The third kappa shape index (κ3) is 4.99. The van der Waals surface area contributed by atoms with Crippen molar-refractivity contribution in [1.29, 1.82) is 0 Å². The van der Waals surface area contributed by atoms with Crippen LogP contribution in [0.15, 0.2) is 21.9 Å². The van der Waals surface area contributed by atoms with E-state index in [4.69, 9.17) is 18.6 Å². The Morgan fingerprint density at radius 2 is 1.93 bits per heavy atom. The molecule has 1 aliphatic rings. The summed E-state index contributed by atoms with van der Waals surface area (Å²) < 4.78 is 24.8. The van der Waals surface area contributed by atoms with Crippen molar-refractivity contribution in [2.45, 2.75) is 63.4 Å². The van der Waals surface area contributed by atoms with Crippen molar-refractivity contribution >= 4 is 8.32 Å². The predicted octanol–water partition coefficient (Wildman–Crippen LogP) is 0.848. The van der Waals surface area contributed by atoms with E-state index >= 15 is 0 Å². The number of H-pyrrole nitrogens is 1. The summed E-state index contributed by atoms with van der Waals surface area (Å²) in [6, 6.07) is 1.24. The molecule has 0 amide bonds. The van der Waals surface area contributed by atoms with Crippen molar-refractivity contribution < 1.29 is 23.7 Å². The molecule has 2 heterocycles. The molecule has 0 unspecified atom stereocenters. The van der Waals surface area contributed by atoms with Gasteiger partial charge in [-0.2, -0.15) is 0 Å². The first-order valence-electron chi connectivity index (χ1n) is 9.38. The average Bonchev–Trinajstić information content (AvgIpc) is 2.91. The third-order valence-electron chi connectivity index (χ3n) is 5.43. The molecule has 0 spiro atoms. The summed E-state index contributed by atoms with van der Waals surface area (Å²) in [6.07, 6.45) is -1.35. The van der Waals surface area contributed by atoms with Crippen LogP contribution in [0.1, 0.15) is 27.0 Å². The highest BCUT2D eigenvalue weighted by Crippen LogP contribution is 2.41. The summed E-state index contributed by atoms with van der Waals surface area (Å²) in [7, 11) is -0.650. The number of hydrogen-bond acceptors (Lipinski definition) is 7. The topological polar surface area (TPSA) is 112 Å². The number of aliphatic hydroxyl groups excluding tert-OH is 1. The Bertz CT molecular complexity index is 755. The van der Waals surface area contributed by atoms with Crippen molar-refractivity contribution in [3.05, 3.63) is 33.1 Å². The lowest BCUT2D eigenvalue weighted by Gasteiger charge is -2.40. The molecule has 1 aromatic rings. The summed E-state index contributed by atoms with van der Waals surface area (Å²) in [4.78, 5) is 25.9. The van der Waals surface area contributed by atoms with E-state index < -0.39 is 44.1 Å². The van der Waals surface area contributed by atoms with E-state index in [-0.39, 0.29) is 18.3 Å². The van der Waals surface area contributed by atoms with Gasteiger partial charge in [0.1, 0.15) is 18.3 Å². The second kappa shape index (κ2) is 9.01. The lowest BCUT2D eigenvalue weighted by molar-refractivity contribution is -0.0813. The van der Waals surface area contributed by atoms with Crippen molar-refractivity contribution in [2.75, 3.05) is 26.9 Å². The van der Waals surface area contributed by atoms with Crippen LogP contribution in [0, 0.1) is 0 Å². The van der Waals surface area contributed by atoms with Crippen LogP contribution >= 0.6 is 0 Å². The van der Waals surface area contributed by atoms with E-state index in [9.17, 15) is 14.7 Å². The second-order valence-electron chi connectivity index (χ2n) is 8.44. The van der Waals surface area contributed by atoms with Crippen molar-refractivity contribution in [3.63, 3.8) is 0 Å². The SMILES string of the molecule is COCCO[C@@H]1[C@H](O[Si](C)(C)C(C)(C)C)[C@@H](CO)O[C@H]1n1ccc(=O)[nH]c1=O. The molecule has 0 radical (unpaired) electrons. The maximum Gasteiger partial charge on any atom is 0.330 e. The fourth-order valence-corrected chi connectivity index (χ4v) is 4.13. The minimum absolute atomic E-state index is 0.0585. The van der Waals surface area contributed by atoms with Crippen molar-refractivity contribution in [3.8, 4) is 0 Å². The van der Waals surface area contributed by atoms with Gasteiger partial charge in [0.15, 0.2) is 14.5 Å². The molecule has 2 rings (SSSR count). The zero-order chi connectivity index (χ0) is 21.1. The number of hydrogen-bond donors (Lipinski definition) is 2. The van der Waals surface area contributed by atoms with E-state index in [2.05, 4.69) is 38.8 Å². The lowest BCUT2D eigenvalue weighted by atomic mass is 10.1. The molecule has 0 aliphatic carbocycles. The number of rotatable bonds is 8. The smallest absolute Gasteiger partial charge is 0.330 e. The molecule has 160 valence electrons. The monoisotopic (exact) mass is 416 g/mol. The van der Waals surface area contributed by atoms with Crippen LogP contribution in [-0.4, -0.2) is 68.2 Å². The Labute approximate surface area is 165 Å². The largest absolute Gasteiger partial charge is 0.408 e. The zero-order valence-corrected chi connectivity index (χ0v) is 18.4. The first-order valence-corrected chi connectivity index (χ1v) is 12.3. The van der Waals surface area contributed by atoms with Gasteiger partial charge in [0.2, 0.25) is 0 Å². The molecule has 2 N–H and O–H groups in total. The molecule has 4 atom stereocenters. The Morgan fingerprint density at radius 1 is 1.25 bits per heavy atom. The summed E-state index contributed by atoms with van der Waals surface area (Å²) in [6.45, 7) is 10.9. The zero-order valence-electron chi connectivity index (χ0n) is 17.4. The molecule has 0 saturated carbocycles. The second-order valence-corrected chi connectivity index (χ2v) is 13.2. The summed E-state index contributed by atoms with van der Waals surface area (Å²) >= 11 is 0. The van der Waals surface area contributed by atoms with E-state index in [1.807, 2.05) is 0 Å². The first-order chi connectivity index (χ1) is 13.0. The van der Waals surface area contributed by atoms with Crippen LogP contribution < -0.4 is 11.2 Å². The predicted molar refractivity (Wildman–Crippen MR) is 106 cm³/mol. The number of aliphatic hydroxyl groups is 1. The minimum atomic E-state index is -2.22. The maximum absolute atomic E-state index is 12.3. The summed E-state index contributed by atoms with van der Waals surface area (Å²) in [5.74, 6) is 0. The standard InChI is InChI=1S/C18H32N2O7Si/c1-18(2,3)28(5,6)27-14-12(11-21)26-16(15(14)25-10-9-24-4)20-8-7-13(22)19-17(20)23/h7-8,12,14-16,21H,9-11H2,1-6H3,(H,19,22,23)/t12-,14-,15-,16-/m1/s1. The molecular weight excluding hydrogens is 384 g/mol. The van der Waals surface area contributed by atoms with E-state index in [0.29, 0.717) is 6.61 Å². The van der Waals surface area contributed by atoms with Gasteiger partial charge in [0.05, 0.1) is 19.8 Å². The van der Waals surface area contributed by atoms with Crippen molar-refractivity contribution in [2.24, 2.45) is 0 Å². The molecule has 9 nitrogen and oxygen atoms in total.